The van der Waals surface area contributed by atoms with E-state index >= 15 is 13.2 Å². The van der Waals surface area contributed by atoms with Crippen molar-refractivity contribution in [2.45, 2.75) is 11.6 Å². The predicted octanol–water partition coefficient (Wildman–Crippen LogP) is 3.71. The molecule has 3 aliphatic heterocycles. The van der Waals surface area contributed by atoms with Crippen LogP contribution < -0.4 is 4.74 Å². The Balaban J connectivity index is 1.78. The molecule has 0 radical (unpaired) electrons. The van der Waals surface area contributed by atoms with Crippen molar-refractivity contribution in [2.24, 2.45) is 0 Å². The summed E-state index contributed by atoms with van der Waals surface area (Å²) < 4.78 is 60.5. The van der Waals surface area contributed by atoms with Gasteiger partial charge in [-0.3, -0.25) is 4.98 Å². The van der Waals surface area contributed by atoms with Gasteiger partial charge in [-0.25, -0.2) is 19.2 Å². The van der Waals surface area contributed by atoms with Crippen LogP contribution in [0.1, 0.15) is 58.1 Å². The first-order valence-electron chi connectivity index (χ1n) is 9.68. The molecule has 11 heteroatoms. The second-order valence-corrected chi connectivity index (χ2v) is 7.73. The van der Waals surface area contributed by atoms with Gasteiger partial charge in [0.1, 0.15) is 16.9 Å². The normalized spacial score (nSPS) is 17.3. The number of benzene rings is 2. The maximum absolute atomic E-state index is 15.2. The zero-order chi connectivity index (χ0) is 24.0. The molecule has 0 spiro atoms. The molecule has 2 aromatic carbocycles. The number of esters is 4. The Morgan fingerprint density at radius 2 is 1.18 bits per heavy atom. The van der Waals surface area contributed by atoms with E-state index in [1.165, 1.54) is 18.3 Å². The number of nitrogens with zero attached hydrogens (tertiary/aromatic N) is 1. The Labute approximate surface area is 186 Å². The van der Waals surface area contributed by atoms with Gasteiger partial charge in [0.2, 0.25) is 0 Å². The minimum absolute atomic E-state index is 0.259. The van der Waals surface area contributed by atoms with E-state index in [2.05, 4.69) is 14.5 Å². The van der Waals surface area contributed by atoms with Gasteiger partial charge in [0.25, 0.3) is 0 Å². The van der Waals surface area contributed by atoms with Crippen LogP contribution in [0, 0.1) is 0 Å². The first-order chi connectivity index (χ1) is 16.1. The molecule has 0 atom stereocenters. The van der Waals surface area contributed by atoms with E-state index in [4.69, 9.17) is 4.74 Å². The number of hydrogen-bond donors (Lipinski definition) is 0. The average Bonchev–Trinajstić information content (AvgIpc) is 3.22. The Morgan fingerprint density at radius 1 is 0.706 bits per heavy atom. The lowest BCUT2D eigenvalue weighted by Crippen LogP contribution is -2.46. The number of halogens is 3. The third-order valence-electron chi connectivity index (χ3n) is 6.04. The molecule has 4 heterocycles. The van der Waals surface area contributed by atoms with E-state index in [9.17, 15) is 19.2 Å². The number of aromatic nitrogens is 1. The van der Waals surface area contributed by atoms with Crippen LogP contribution in [0.4, 0.5) is 13.2 Å². The molecule has 1 aromatic heterocycles. The molecule has 6 rings (SSSR count). The smallest absolute Gasteiger partial charge is 0.406 e. The molecule has 3 aliphatic rings. The van der Waals surface area contributed by atoms with Crippen LogP contribution in [0.3, 0.4) is 0 Å². The van der Waals surface area contributed by atoms with Crippen LogP contribution in [0.2, 0.25) is 0 Å². The number of ether oxygens (including phenoxy) is 3. The molecule has 0 N–H and O–H groups in total. The number of fused-ring (bicyclic) bond motifs is 4. The number of alkyl halides is 3. The van der Waals surface area contributed by atoms with Gasteiger partial charge in [-0.15, -0.1) is 0 Å². The largest absolute Gasteiger partial charge is 0.457 e. The summed E-state index contributed by atoms with van der Waals surface area (Å²) in [6.07, 6.45) is -2.78. The molecule has 0 fully saturated rings. The summed E-state index contributed by atoms with van der Waals surface area (Å²) in [4.78, 5) is 52.2. The molecule has 0 bridgehead atoms. The second kappa shape index (κ2) is 6.28. The molecule has 34 heavy (non-hydrogen) atoms. The van der Waals surface area contributed by atoms with Crippen molar-refractivity contribution in [3.63, 3.8) is 0 Å². The summed E-state index contributed by atoms with van der Waals surface area (Å²) >= 11 is 0. The van der Waals surface area contributed by atoms with Crippen molar-refractivity contribution in [3.05, 3.63) is 87.7 Å². The third-order valence-corrected chi connectivity index (χ3v) is 6.04. The van der Waals surface area contributed by atoms with Crippen LogP contribution in [-0.4, -0.2) is 35.0 Å². The van der Waals surface area contributed by atoms with Crippen LogP contribution in [0.5, 0.6) is 11.5 Å². The molecule has 3 aromatic rings. The van der Waals surface area contributed by atoms with E-state index in [0.29, 0.717) is 0 Å². The first-order valence-corrected chi connectivity index (χ1v) is 9.68. The van der Waals surface area contributed by atoms with Crippen molar-refractivity contribution >= 4 is 23.9 Å². The quantitative estimate of drug-likeness (QED) is 0.394. The lowest BCUT2D eigenvalue weighted by Gasteiger charge is -2.41. The van der Waals surface area contributed by atoms with E-state index in [-0.39, 0.29) is 39.3 Å². The van der Waals surface area contributed by atoms with Gasteiger partial charge >= 0.3 is 30.1 Å². The highest BCUT2D eigenvalue weighted by atomic mass is 19.4. The summed E-state index contributed by atoms with van der Waals surface area (Å²) in [5.74, 6) is -5.01. The van der Waals surface area contributed by atoms with Crippen molar-refractivity contribution in [1.82, 2.24) is 4.98 Å². The maximum atomic E-state index is 15.2. The Morgan fingerprint density at radius 3 is 1.59 bits per heavy atom. The fraction of sp³-hybridized carbons (Fsp3) is 0.0870. The van der Waals surface area contributed by atoms with Crippen molar-refractivity contribution in [3.8, 4) is 11.5 Å². The minimum atomic E-state index is -5.06. The van der Waals surface area contributed by atoms with Gasteiger partial charge in [-0.2, -0.15) is 13.2 Å². The molecule has 0 saturated carbocycles. The lowest BCUT2D eigenvalue weighted by molar-refractivity contribution is -0.168. The standard InChI is InChI=1S/C23H8F3NO7/c24-23(25,26)22(9-2-1-3-27-8-9)14-4-10-12(20(30)33-18(10)28)6-16(14)32-17-7-13-11(5-15(17)22)19(29)34-21(13)31/h1-8H. The number of rotatable bonds is 1. The highest BCUT2D eigenvalue weighted by molar-refractivity contribution is 6.16. The van der Waals surface area contributed by atoms with E-state index < -0.39 is 46.6 Å². The summed E-state index contributed by atoms with van der Waals surface area (Å²) in [6, 6.07) is 6.28. The van der Waals surface area contributed by atoms with Gasteiger partial charge in [0.05, 0.1) is 22.3 Å². The second-order valence-electron chi connectivity index (χ2n) is 7.73. The van der Waals surface area contributed by atoms with Crippen LogP contribution >= 0.6 is 0 Å². The van der Waals surface area contributed by atoms with E-state index in [0.717, 1.165) is 30.5 Å². The summed E-state index contributed by atoms with van der Waals surface area (Å²) in [5.41, 5.74) is -5.58. The SMILES string of the molecule is O=C1OC(=O)c2cc3c(cc21)Oc1cc2c(cc1C3(c1cccnc1)C(F)(F)F)C(=O)OC2=O. The highest BCUT2D eigenvalue weighted by Crippen LogP contribution is 2.60. The summed E-state index contributed by atoms with van der Waals surface area (Å²) in [5, 5.41) is 0. The monoisotopic (exact) mass is 467 g/mol. The third kappa shape index (κ3) is 2.35. The fourth-order valence-electron chi connectivity index (χ4n) is 4.61. The van der Waals surface area contributed by atoms with E-state index in [1.54, 1.807) is 0 Å². The van der Waals surface area contributed by atoms with Gasteiger partial charge in [-0.05, 0) is 35.9 Å². The fourth-order valence-corrected chi connectivity index (χ4v) is 4.61. The molecule has 168 valence electrons. The number of carbonyl (C=O) groups is 4. The van der Waals surface area contributed by atoms with Gasteiger partial charge < -0.3 is 14.2 Å². The maximum Gasteiger partial charge on any atom is 0.406 e. The Kier molecular flexibility index (Phi) is 3.71. The topological polar surface area (TPSA) is 109 Å². The number of carbonyl (C=O) groups excluding carboxylic acids is 4. The van der Waals surface area contributed by atoms with Crippen molar-refractivity contribution < 1.29 is 46.6 Å². The zero-order valence-electron chi connectivity index (χ0n) is 16.6. The zero-order valence-corrected chi connectivity index (χ0v) is 16.6. The Bertz CT molecular complexity index is 1410. The number of cyclic esters (lactones) is 4. The molecule has 0 unspecified atom stereocenters. The average molecular weight is 467 g/mol. The number of pyridine rings is 1. The minimum Gasteiger partial charge on any atom is -0.457 e. The van der Waals surface area contributed by atoms with Gasteiger partial charge in [-0.1, -0.05) is 6.07 Å². The van der Waals surface area contributed by atoms with E-state index in [1.807, 2.05) is 0 Å². The highest BCUT2D eigenvalue weighted by Gasteiger charge is 2.63. The molecule has 0 aliphatic carbocycles. The van der Waals surface area contributed by atoms with Crippen LogP contribution in [-0.2, 0) is 14.9 Å². The predicted molar refractivity (Wildman–Crippen MR) is 103 cm³/mol. The van der Waals surface area contributed by atoms with Crippen molar-refractivity contribution in [1.29, 1.82) is 0 Å². The summed E-state index contributed by atoms with van der Waals surface area (Å²) in [6.45, 7) is 0. The van der Waals surface area contributed by atoms with Gasteiger partial charge in [0.15, 0.2) is 0 Å². The Hall–Kier alpha value is -4.54. The molecule has 0 saturated heterocycles. The summed E-state index contributed by atoms with van der Waals surface area (Å²) in [7, 11) is 0. The molecule has 8 nitrogen and oxygen atoms in total. The molecular weight excluding hydrogens is 459 g/mol. The van der Waals surface area contributed by atoms with Crippen molar-refractivity contribution in [2.75, 3.05) is 0 Å². The molecular formula is C23H8F3NO7. The first kappa shape index (κ1) is 20.1. The van der Waals surface area contributed by atoms with Crippen LogP contribution in [0.15, 0.2) is 48.8 Å². The molecule has 0 amide bonds. The van der Waals surface area contributed by atoms with Crippen LogP contribution in [0.25, 0.3) is 0 Å². The number of hydrogen-bond acceptors (Lipinski definition) is 8. The van der Waals surface area contributed by atoms with Gasteiger partial charge in [0, 0.05) is 23.5 Å². The lowest BCUT2D eigenvalue weighted by atomic mass is 9.66.